The fraction of sp³-hybridized carbons (Fsp3) is 0.850. The van der Waals surface area contributed by atoms with Crippen molar-refractivity contribution in [2.24, 2.45) is 0 Å². The molecule has 0 bridgehead atoms. The molecule has 0 spiro atoms. The molecule has 0 saturated carbocycles. The van der Waals surface area contributed by atoms with Crippen molar-refractivity contribution in [2.45, 2.75) is 206 Å². The van der Waals surface area contributed by atoms with E-state index in [0.717, 1.165) is 44.9 Å². The molecule has 0 aromatic carbocycles. The van der Waals surface area contributed by atoms with Crippen LogP contribution >= 0.6 is 0 Å². The maximum atomic E-state index is 12.1. The van der Waals surface area contributed by atoms with Crippen molar-refractivity contribution in [3.63, 3.8) is 0 Å². The first-order chi connectivity index (χ1) is 22.1. The van der Waals surface area contributed by atoms with Gasteiger partial charge in [-0.05, 0) is 64.2 Å². The molecule has 5 nitrogen and oxygen atoms in total. The third-order valence-electron chi connectivity index (χ3n) is 8.47. The highest BCUT2D eigenvalue weighted by molar-refractivity contribution is 5.70. The van der Waals surface area contributed by atoms with Crippen LogP contribution in [0.2, 0.25) is 0 Å². The van der Waals surface area contributed by atoms with Crippen LogP contribution < -0.4 is 0 Å². The summed E-state index contributed by atoms with van der Waals surface area (Å²) in [5.74, 6) is -0.600. The van der Waals surface area contributed by atoms with Gasteiger partial charge in [0.1, 0.15) is 6.61 Å². The van der Waals surface area contributed by atoms with Gasteiger partial charge in [-0.1, -0.05) is 147 Å². The predicted molar refractivity (Wildman–Crippen MR) is 191 cm³/mol. The predicted octanol–water partition coefficient (Wildman–Crippen LogP) is 11.9. The van der Waals surface area contributed by atoms with Crippen LogP contribution in [0.4, 0.5) is 0 Å². The molecule has 0 heterocycles. The van der Waals surface area contributed by atoms with Gasteiger partial charge in [-0.15, -0.1) is 0 Å². The zero-order chi connectivity index (χ0) is 32.9. The van der Waals surface area contributed by atoms with Gasteiger partial charge in [0.25, 0.3) is 0 Å². The SMILES string of the molecule is CCCCC/C=C/CCCCCCCC(=O)O[C@@H](CO)COC(=O)CCCCCCCCCCC/C=C/CCCCCCCC. The molecule has 0 aliphatic carbocycles. The Morgan fingerprint density at radius 3 is 1.24 bits per heavy atom. The van der Waals surface area contributed by atoms with E-state index < -0.39 is 6.10 Å². The van der Waals surface area contributed by atoms with Crippen molar-refractivity contribution >= 4 is 11.9 Å². The molecule has 0 radical (unpaired) electrons. The molecule has 0 rings (SSSR count). The molecule has 1 N–H and O–H groups in total. The van der Waals surface area contributed by atoms with Crippen molar-refractivity contribution in [1.29, 1.82) is 0 Å². The summed E-state index contributed by atoms with van der Waals surface area (Å²) in [5, 5.41) is 9.53. The first-order valence-electron chi connectivity index (χ1n) is 19.4. The van der Waals surface area contributed by atoms with Crippen LogP contribution in [0.1, 0.15) is 200 Å². The van der Waals surface area contributed by atoms with Gasteiger partial charge in [-0.3, -0.25) is 9.59 Å². The molecule has 45 heavy (non-hydrogen) atoms. The number of unbranched alkanes of at least 4 members (excludes halogenated alkanes) is 23. The highest BCUT2D eigenvalue weighted by atomic mass is 16.6. The summed E-state index contributed by atoms with van der Waals surface area (Å²) in [6, 6.07) is 0. The lowest BCUT2D eigenvalue weighted by molar-refractivity contribution is -0.161. The zero-order valence-corrected chi connectivity index (χ0v) is 29.9. The minimum absolute atomic E-state index is 0.0675. The summed E-state index contributed by atoms with van der Waals surface area (Å²) in [5.41, 5.74) is 0. The topological polar surface area (TPSA) is 72.8 Å². The van der Waals surface area contributed by atoms with Crippen LogP contribution in [0.5, 0.6) is 0 Å². The number of carbonyl (C=O) groups is 2. The van der Waals surface area contributed by atoms with Crippen LogP contribution in [-0.2, 0) is 19.1 Å². The number of allylic oxidation sites excluding steroid dienone is 4. The average molecular weight is 635 g/mol. The molecule has 0 fully saturated rings. The van der Waals surface area contributed by atoms with Gasteiger partial charge in [-0.25, -0.2) is 0 Å². The van der Waals surface area contributed by atoms with E-state index in [9.17, 15) is 14.7 Å². The number of esters is 2. The summed E-state index contributed by atoms with van der Waals surface area (Å²) in [6.07, 6.45) is 42.4. The molecule has 0 amide bonds. The number of aliphatic hydroxyl groups is 1. The second-order valence-corrected chi connectivity index (χ2v) is 13.0. The largest absolute Gasteiger partial charge is 0.462 e. The van der Waals surface area contributed by atoms with Gasteiger partial charge in [0.2, 0.25) is 0 Å². The van der Waals surface area contributed by atoms with E-state index in [-0.39, 0.29) is 25.2 Å². The Kier molecular flexibility index (Phi) is 35.5. The monoisotopic (exact) mass is 635 g/mol. The van der Waals surface area contributed by atoms with Gasteiger partial charge in [-0.2, -0.15) is 0 Å². The van der Waals surface area contributed by atoms with Crippen LogP contribution in [0.15, 0.2) is 24.3 Å². The Balaban J connectivity index is 3.53. The van der Waals surface area contributed by atoms with Gasteiger partial charge < -0.3 is 14.6 Å². The normalized spacial score (nSPS) is 12.3. The fourth-order valence-corrected chi connectivity index (χ4v) is 5.48. The second kappa shape index (κ2) is 36.8. The van der Waals surface area contributed by atoms with E-state index in [1.165, 1.54) is 128 Å². The van der Waals surface area contributed by atoms with Crippen LogP contribution in [-0.4, -0.2) is 36.4 Å². The van der Waals surface area contributed by atoms with Gasteiger partial charge in [0, 0.05) is 12.8 Å². The summed E-state index contributed by atoms with van der Waals surface area (Å²) < 4.78 is 10.6. The van der Waals surface area contributed by atoms with E-state index in [1.54, 1.807) is 0 Å². The van der Waals surface area contributed by atoms with Gasteiger partial charge in [0.15, 0.2) is 6.10 Å². The van der Waals surface area contributed by atoms with Crippen LogP contribution in [0, 0.1) is 0 Å². The summed E-state index contributed by atoms with van der Waals surface area (Å²) >= 11 is 0. The van der Waals surface area contributed by atoms with Crippen molar-refractivity contribution in [3.8, 4) is 0 Å². The van der Waals surface area contributed by atoms with Crippen molar-refractivity contribution < 1.29 is 24.2 Å². The highest BCUT2D eigenvalue weighted by Crippen LogP contribution is 2.13. The molecule has 0 saturated heterocycles. The number of carbonyl (C=O) groups excluding carboxylic acids is 2. The Hall–Kier alpha value is -1.62. The van der Waals surface area contributed by atoms with Crippen LogP contribution in [0.3, 0.4) is 0 Å². The number of ether oxygens (including phenoxy) is 2. The minimum Gasteiger partial charge on any atom is -0.462 e. The summed E-state index contributed by atoms with van der Waals surface area (Å²) in [4.78, 5) is 24.2. The minimum atomic E-state index is -0.772. The molecule has 0 aliphatic rings. The first kappa shape index (κ1) is 43.4. The maximum Gasteiger partial charge on any atom is 0.306 e. The molecule has 1 atom stereocenters. The van der Waals surface area contributed by atoms with E-state index in [2.05, 4.69) is 38.2 Å². The maximum absolute atomic E-state index is 12.1. The number of aliphatic hydroxyl groups excluding tert-OH is 1. The molecule has 0 aliphatic heterocycles. The number of rotatable bonds is 35. The first-order valence-corrected chi connectivity index (χ1v) is 19.4. The average Bonchev–Trinajstić information content (AvgIpc) is 3.04. The number of hydrogen-bond acceptors (Lipinski definition) is 5. The van der Waals surface area contributed by atoms with Crippen molar-refractivity contribution in [1.82, 2.24) is 0 Å². The Bertz CT molecular complexity index is 686. The van der Waals surface area contributed by atoms with Gasteiger partial charge in [0.05, 0.1) is 6.61 Å². The summed E-state index contributed by atoms with van der Waals surface area (Å²) in [6.45, 7) is 4.10. The summed E-state index contributed by atoms with van der Waals surface area (Å²) in [7, 11) is 0. The zero-order valence-electron chi connectivity index (χ0n) is 29.9. The molecular formula is C40H74O5. The molecule has 0 unspecified atom stereocenters. The Labute approximate surface area is 279 Å². The third kappa shape index (κ3) is 35.1. The smallest absolute Gasteiger partial charge is 0.306 e. The molecular weight excluding hydrogens is 560 g/mol. The quantitative estimate of drug-likeness (QED) is 0.0426. The fourth-order valence-electron chi connectivity index (χ4n) is 5.48. The second-order valence-electron chi connectivity index (χ2n) is 13.0. The number of hydrogen-bond donors (Lipinski definition) is 1. The van der Waals surface area contributed by atoms with E-state index in [0.29, 0.717) is 12.8 Å². The highest BCUT2D eigenvalue weighted by Gasteiger charge is 2.16. The lowest BCUT2D eigenvalue weighted by atomic mass is 10.1. The molecule has 0 aromatic heterocycles. The lowest BCUT2D eigenvalue weighted by Gasteiger charge is -2.15. The van der Waals surface area contributed by atoms with E-state index >= 15 is 0 Å². The Morgan fingerprint density at radius 1 is 0.489 bits per heavy atom. The van der Waals surface area contributed by atoms with E-state index in [1.807, 2.05) is 0 Å². The van der Waals surface area contributed by atoms with Gasteiger partial charge >= 0.3 is 11.9 Å². The Morgan fingerprint density at radius 2 is 0.822 bits per heavy atom. The van der Waals surface area contributed by atoms with E-state index in [4.69, 9.17) is 9.47 Å². The molecule has 5 heteroatoms. The third-order valence-corrected chi connectivity index (χ3v) is 8.47. The lowest BCUT2D eigenvalue weighted by Crippen LogP contribution is -2.28. The molecule has 0 aromatic rings. The van der Waals surface area contributed by atoms with Crippen LogP contribution in [0.25, 0.3) is 0 Å². The molecule has 264 valence electrons. The van der Waals surface area contributed by atoms with Crippen molar-refractivity contribution in [3.05, 3.63) is 24.3 Å². The standard InChI is InChI=1S/C40H74O5/c1-3-5-7-9-11-13-15-17-18-19-20-21-22-23-25-26-28-30-32-34-39(42)44-37-38(36-41)45-40(43)35-33-31-29-27-24-16-14-12-10-8-6-4-2/h12,14,17-18,38,41H,3-11,13,15-16,19-37H2,1-2H3/b14-12+,18-17+/t38-/m0/s1. The van der Waals surface area contributed by atoms with Crippen molar-refractivity contribution in [2.75, 3.05) is 13.2 Å².